The van der Waals surface area contributed by atoms with E-state index in [9.17, 15) is 5.11 Å². The topological polar surface area (TPSA) is 51.6 Å². The number of hydrogen-bond donors (Lipinski definition) is 1. The van der Waals surface area contributed by atoms with Gasteiger partial charge in [0.05, 0.1) is 25.5 Å². The van der Waals surface area contributed by atoms with Crippen LogP contribution in [0.1, 0.15) is 25.1 Å². The molecule has 2 aromatic rings. The first-order valence-corrected chi connectivity index (χ1v) is 6.79. The lowest BCUT2D eigenvalue weighted by atomic mass is 9.96. The van der Waals surface area contributed by atoms with E-state index in [0.29, 0.717) is 5.75 Å². The minimum absolute atomic E-state index is 0.706. The van der Waals surface area contributed by atoms with Crippen LogP contribution in [-0.4, -0.2) is 24.3 Å². The second-order valence-electron chi connectivity index (χ2n) is 5.45. The number of methoxy groups -OCH3 is 2. The van der Waals surface area contributed by atoms with E-state index in [0.717, 1.165) is 28.3 Å². The van der Waals surface area contributed by atoms with Gasteiger partial charge in [-0.1, -0.05) is 6.07 Å². The zero-order valence-corrected chi connectivity index (χ0v) is 13.1. The van der Waals surface area contributed by atoms with Gasteiger partial charge in [0.1, 0.15) is 11.5 Å². The summed E-state index contributed by atoms with van der Waals surface area (Å²) in [6, 6.07) is 9.42. The molecule has 0 saturated carbocycles. The van der Waals surface area contributed by atoms with E-state index in [1.807, 2.05) is 37.3 Å². The van der Waals surface area contributed by atoms with Gasteiger partial charge in [-0.2, -0.15) is 0 Å². The van der Waals surface area contributed by atoms with Crippen LogP contribution in [-0.2, 0) is 5.60 Å². The van der Waals surface area contributed by atoms with Crippen molar-refractivity contribution in [3.8, 4) is 22.8 Å². The standard InChI is InChI=1S/C17H21NO3/c1-11-14(17(2,3)19)8-9-15(18-11)13-7-6-12(20-4)10-16(13)21-5/h6-10,19H,1-5H3. The highest BCUT2D eigenvalue weighted by Gasteiger charge is 2.20. The molecular formula is C17H21NO3. The second kappa shape index (κ2) is 5.74. The molecule has 1 aromatic heterocycles. The van der Waals surface area contributed by atoms with Crippen LogP contribution in [0.5, 0.6) is 11.5 Å². The lowest BCUT2D eigenvalue weighted by Gasteiger charge is -2.20. The number of benzene rings is 1. The van der Waals surface area contributed by atoms with Crippen LogP contribution in [0.3, 0.4) is 0 Å². The zero-order chi connectivity index (χ0) is 15.6. The summed E-state index contributed by atoms with van der Waals surface area (Å²) in [6.45, 7) is 5.40. The molecule has 0 amide bonds. The number of nitrogens with zero attached hydrogens (tertiary/aromatic N) is 1. The van der Waals surface area contributed by atoms with Gasteiger partial charge in [-0.25, -0.2) is 0 Å². The van der Waals surface area contributed by atoms with Gasteiger partial charge in [-0.3, -0.25) is 4.98 Å². The fourth-order valence-corrected chi connectivity index (χ4v) is 2.37. The van der Waals surface area contributed by atoms with E-state index in [-0.39, 0.29) is 0 Å². The smallest absolute Gasteiger partial charge is 0.131 e. The van der Waals surface area contributed by atoms with Crippen LogP contribution in [0.2, 0.25) is 0 Å². The Labute approximate surface area is 125 Å². The van der Waals surface area contributed by atoms with Crippen molar-refractivity contribution >= 4 is 0 Å². The highest BCUT2D eigenvalue weighted by molar-refractivity contribution is 5.69. The highest BCUT2D eigenvalue weighted by Crippen LogP contribution is 2.33. The van der Waals surface area contributed by atoms with Crippen LogP contribution in [0, 0.1) is 6.92 Å². The van der Waals surface area contributed by atoms with Crippen molar-refractivity contribution in [2.75, 3.05) is 14.2 Å². The molecule has 0 atom stereocenters. The SMILES string of the molecule is COc1ccc(-c2ccc(C(C)(C)O)c(C)n2)c(OC)c1. The minimum Gasteiger partial charge on any atom is -0.497 e. The number of aliphatic hydroxyl groups is 1. The van der Waals surface area contributed by atoms with Crippen molar-refractivity contribution in [3.63, 3.8) is 0 Å². The molecule has 4 heteroatoms. The second-order valence-corrected chi connectivity index (χ2v) is 5.45. The summed E-state index contributed by atoms with van der Waals surface area (Å²) in [5.74, 6) is 1.44. The summed E-state index contributed by atoms with van der Waals surface area (Å²) in [4.78, 5) is 4.59. The van der Waals surface area contributed by atoms with E-state index < -0.39 is 5.60 Å². The largest absolute Gasteiger partial charge is 0.497 e. The molecular weight excluding hydrogens is 266 g/mol. The third-order valence-electron chi connectivity index (χ3n) is 3.43. The molecule has 21 heavy (non-hydrogen) atoms. The fraction of sp³-hybridized carbons (Fsp3) is 0.353. The van der Waals surface area contributed by atoms with Crippen molar-refractivity contribution in [2.24, 2.45) is 0 Å². The molecule has 2 rings (SSSR count). The third-order valence-corrected chi connectivity index (χ3v) is 3.43. The summed E-state index contributed by atoms with van der Waals surface area (Å²) >= 11 is 0. The molecule has 0 bridgehead atoms. The Morgan fingerprint density at radius 3 is 2.29 bits per heavy atom. The van der Waals surface area contributed by atoms with Gasteiger partial charge in [0.2, 0.25) is 0 Å². The van der Waals surface area contributed by atoms with Crippen molar-refractivity contribution in [2.45, 2.75) is 26.4 Å². The molecule has 0 unspecified atom stereocenters. The van der Waals surface area contributed by atoms with Crippen molar-refractivity contribution in [3.05, 3.63) is 41.6 Å². The van der Waals surface area contributed by atoms with E-state index in [4.69, 9.17) is 9.47 Å². The number of rotatable bonds is 4. The Balaban J connectivity index is 2.50. The first-order valence-electron chi connectivity index (χ1n) is 6.79. The Hall–Kier alpha value is -2.07. The van der Waals surface area contributed by atoms with Crippen molar-refractivity contribution in [1.29, 1.82) is 0 Å². The molecule has 0 saturated heterocycles. The first kappa shape index (κ1) is 15.3. The van der Waals surface area contributed by atoms with Gasteiger partial charge in [-0.15, -0.1) is 0 Å². The van der Waals surface area contributed by atoms with E-state index >= 15 is 0 Å². The Kier molecular flexibility index (Phi) is 4.19. The van der Waals surface area contributed by atoms with Crippen LogP contribution >= 0.6 is 0 Å². The molecule has 1 heterocycles. The molecule has 4 nitrogen and oxygen atoms in total. The monoisotopic (exact) mass is 287 g/mol. The van der Waals surface area contributed by atoms with Crippen LogP contribution in [0.15, 0.2) is 30.3 Å². The fourth-order valence-electron chi connectivity index (χ4n) is 2.37. The maximum Gasteiger partial charge on any atom is 0.131 e. The van der Waals surface area contributed by atoms with Crippen molar-refractivity contribution < 1.29 is 14.6 Å². The number of pyridine rings is 1. The molecule has 1 aromatic carbocycles. The van der Waals surface area contributed by atoms with Crippen LogP contribution < -0.4 is 9.47 Å². The molecule has 0 radical (unpaired) electrons. The maximum atomic E-state index is 10.1. The first-order chi connectivity index (χ1) is 9.86. The summed E-state index contributed by atoms with van der Waals surface area (Å²) in [6.07, 6.45) is 0. The summed E-state index contributed by atoms with van der Waals surface area (Å²) < 4.78 is 10.6. The summed E-state index contributed by atoms with van der Waals surface area (Å²) in [5.41, 5.74) is 2.42. The third kappa shape index (κ3) is 3.16. The zero-order valence-electron chi connectivity index (χ0n) is 13.1. The Morgan fingerprint density at radius 1 is 1.05 bits per heavy atom. The number of aryl methyl sites for hydroxylation is 1. The maximum absolute atomic E-state index is 10.1. The van der Waals surface area contributed by atoms with Gasteiger partial charge in [0.25, 0.3) is 0 Å². The molecule has 112 valence electrons. The quantitative estimate of drug-likeness (QED) is 0.937. The molecule has 0 spiro atoms. The number of ether oxygens (including phenoxy) is 2. The van der Waals surface area contributed by atoms with Crippen LogP contribution in [0.25, 0.3) is 11.3 Å². The number of hydrogen-bond acceptors (Lipinski definition) is 4. The molecule has 0 fully saturated rings. The van der Waals surface area contributed by atoms with Crippen LogP contribution in [0.4, 0.5) is 0 Å². The van der Waals surface area contributed by atoms with Gasteiger partial charge < -0.3 is 14.6 Å². The Morgan fingerprint density at radius 2 is 1.76 bits per heavy atom. The average Bonchev–Trinajstić information content (AvgIpc) is 2.45. The van der Waals surface area contributed by atoms with E-state index in [2.05, 4.69) is 4.98 Å². The Bertz CT molecular complexity index is 645. The molecule has 0 aliphatic heterocycles. The van der Waals surface area contributed by atoms with Gasteiger partial charge in [-0.05, 0) is 39.0 Å². The van der Waals surface area contributed by atoms with Crippen molar-refractivity contribution in [1.82, 2.24) is 4.98 Å². The van der Waals surface area contributed by atoms with E-state index in [1.54, 1.807) is 28.1 Å². The summed E-state index contributed by atoms with van der Waals surface area (Å²) in [7, 11) is 3.24. The predicted molar refractivity (Wildman–Crippen MR) is 82.8 cm³/mol. The van der Waals surface area contributed by atoms with Gasteiger partial charge >= 0.3 is 0 Å². The molecule has 0 aliphatic carbocycles. The lowest BCUT2D eigenvalue weighted by Crippen LogP contribution is -2.17. The van der Waals surface area contributed by atoms with E-state index in [1.165, 1.54) is 0 Å². The minimum atomic E-state index is -0.903. The van der Waals surface area contributed by atoms with Gasteiger partial charge in [0, 0.05) is 22.9 Å². The predicted octanol–water partition coefficient (Wildman–Crippen LogP) is 3.30. The molecule has 0 aliphatic rings. The lowest BCUT2D eigenvalue weighted by molar-refractivity contribution is 0.0775. The molecule has 1 N–H and O–H groups in total. The number of aromatic nitrogens is 1. The summed E-state index contributed by atoms with van der Waals surface area (Å²) in [5, 5.41) is 10.1. The average molecular weight is 287 g/mol. The highest BCUT2D eigenvalue weighted by atomic mass is 16.5. The normalized spacial score (nSPS) is 11.3. The van der Waals surface area contributed by atoms with Gasteiger partial charge in [0.15, 0.2) is 0 Å².